The van der Waals surface area contributed by atoms with Crippen LogP contribution >= 0.6 is 15.4 Å². The minimum atomic E-state index is -4.88. The number of phosphoric ester groups is 1. The Balaban J connectivity index is 1.18. The third-order valence-electron chi connectivity index (χ3n) is 8.77. The summed E-state index contributed by atoms with van der Waals surface area (Å²) in [6, 6.07) is 0. The Labute approximate surface area is 260 Å². The zero-order valence-corrected chi connectivity index (χ0v) is 26.6. The number of imidazole rings is 2. The molecule has 1 unspecified atom stereocenters. The van der Waals surface area contributed by atoms with Crippen molar-refractivity contribution in [2.24, 2.45) is 23.7 Å². The first-order valence-corrected chi connectivity index (χ1v) is 17.6. The molecule has 6 heterocycles. The van der Waals surface area contributed by atoms with Crippen molar-refractivity contribution in [2.75, 3.05) is 30.8 Å². The van der Waals surface area contributed by atoms with E-state index in [1.165, 1.54) is 19.0 Å². The van der Waals surface area contributed by atoms with Gasteiger partial charge in [-0.15, -0.1) is 0 Å². The number of ether oxygens (including phenoxy) is 2. The van der Waals surface area contributed by atoms with Gasteiger partial charge in [-0.2, -0.15) is 4.98 Å². The zero-order chi connectivity index (χ0) is 33.1. The molecule has 6 rings (SSSR count). The molecule has 0 bridgehead atoms. The number of nitrogens with zero attached hydrogens (tertiary/aromatic N) is 7. The highest BCUT2D eigenvalue weighted by Gasteiger charge is 2.48. The van der Waals surface area contributed by atoms with Gasteiger partial charge in [0.15, 0.2) is 22.6 Å². The Kier molecular flexibility index (Phi) is 8.54. The fourth-order valence-corrected chi connectivity index (χ4v) is 8.05. The molecule has 2 fully saturated rings. The summed E-state index contributed by atoms with van der Waals surface area (Å²) in [5.41, 5.74) is 12.2. The number of nitrogens with two attached hydrogens (primary N) is 2. The molecule has 0 saturated carbocycles. The number of rotatable bonds is 10. The van der Waals surface area contributed by atoms with E-state index in [0.29, 0.717) is 11.2 Å². The van der Waals surface area contributed by atoms with Gasteiger partial charge in [-0.05, 0) is 5.92 Å². The Hall–Kier alpha value is -3.32. The Morgan fingerprint density at radius 1 is 0.870 bits per heavy atom. The first-order chi connectivity index (χ1) is 21.6. The molecule has 22 heteroatoms. The third-order valence-corrected chi connectivity index (χ3v) is 10.7. The summed E-state index contributed by atoms with van der Waals surface area (Å²) in [4.78, 5) is 65.0. The average molecular weight is 685 g/mol. The molecule has 4 aromatic heterocycles. The van der Waals surface area contributed by atoms with Crippen molar-refractivity contribution in [3.8, 4) is 0 Å². The summed E-state index contributed by atoms with van der Waals surface area (Å²) in [7, 11) is -9.23. The fourth-order valence-electron chi connectivity index (χ4n) is 6.12. The van der Waals surface area contributed by atoms with Crippen LogP contribution in [0.25, 0.3) is 22.3 Å². The van der Waals surface area contributed by atoms with Gasteiger partial charge in [-0.25, -0.2) is 24.5 Å². The predicted octanol–water partition coefficient (Wildman–Crippen LogP) is 0.755. The monoisotopic (exact) mass is 684 g/mol. The van der Waals surface area contributed by atoms with E-state index in [0.717, 1.165) is 0 Å². The average Bonchev–Trinajstić information content (AvgIpc) is 3.73. The lowest BCUT2D eigenvalue weighted by molar-refractivity contribution is -0.0344. The number of hydrogen-bond donors (Lipinski definition) is 6. The van der Waals surface area contributed by atoms with Crippen LogP contribution in [0, 0.1) is 23.7 Å². The van der Waals surface area contributed by atoms with Gasteiger partial charge in [0.2, 0.25) is 5.95 Å². The quantitative estimate of drug-likeness (QED) is 0.126. The van der Waals surface area contributed by atoms with Crippen molar-refractivity contribution in [3.05, 3.63) is 29.3 Å². The van der Waals surface area contributed by atoms with Crippen molar-refractivity contribution in [3.63, 3.8) is 0 Å². The van der Waals surface area contributed by atoms with Crippen LogP contribution in [0.5, 0.6) is 0 Å². The number of anilines is 2. The number of H-pyrrole nitrogens is 1. The third kappa shape index (κ3) is 6.20. The second-order valence-electron chi connectivity index (χ2n) is 11.6. The van der Waals surface area contributed by atoms with E-state index in [1.54, 1.807) is 16.1 Å². The molecule has 2 aliphatic rings. The minimum Gasteiger partial charge on any atom is -0.382 e. The molecule has 0 radical (unpaired) electrons. The van der Waals surface area contributed by atoms with Crippen LogP contribution in [0.1, 0.15) is 33.2 Å². The summed E-state index contributed by atoms with van der Waals surface area (Å²) in [5.74, 6) is -1.44. The van der Waals surface area contributed by atoms with Gasteiger partial charge < -0.3 is 40.1 Å². The second kappa shape index (κ2) is 12.0. The molecule has 0 amide bonds. The van der Waals surface area contributed by atoms with Gasteiger partial charge in [0.25, 0.3) is 5.56 Å². The van der Waals surface area contributed by atoms with Crippen LogP contribution in [0.4, 0.5) is 11.8 Å². The van der Waals surface area contributed by atoms with Crippen LogP contribution in [-0.2, 0) is 27.7 Å². The Bertz CT molecular complexity index is 1910. The second-order valence-corrected chi connectivity index (χ2v) is 14.8. The normalized spacial score (nSPS) is 30.0. The van der Waals surface area contributed by atoms with Gasteiger partial charge in [0, 0.05) is 17.8 Å². The first-order valence-electron chi connectivity index (χ1n) is 14.3. The molecule has 4 aromatic rings. The van der Waals surface area contributed by atoms with Gasteiger partial charge in [-0.1, -0.05) is 20.8 Å². The lowest BCUT2D eigenvalue weighted by Crippen LogP contribution is -2.28. The van der Waals surface area contributed by atoms with Gasteiger partial charge in [-0.3, -0.25) is 28.0 Å². The molecule has 0 spiro atoms. The standard InChI is InChI=1S/C24H34N10O10P2/c1-10-11(2)22(34-9-30-17-20(34)31-24(26)32-21(17)35)43-14(10)4-41-45(36,37)6-13-12(3)23(44-15(13)5-42-46(38,39)40)33-8-29-16-18(25)27-7-28-19(16)33/h7-15,22-23H,4-6H2,1-3H3,(H,36,37)(H2,25,27,28)(H2,38,39,40)(H3,26,31,32,35)/t10-,11+,12+,13-,14+,15+,22+,23+/m0/s1. The lowest BCUT2D eigenvalue weighted by Gasteiger charge is -2.25. The molecule has 20 nitrogen and oxygen atoms in total. The summed E-state index contributed by atoms with van der Waals surface area (Å²) in [6.45, 7) is 4.81. The van der Waals surface area contributed by atoms with Crippen LogP contribution in [0.2, 0.25) is 0 Å². The maximum absolute atomic E-state index is 13.5. The molecule has 2 saturated heterocycles. The summed E-state index contributed by atoms with van der Waals surface area (Å²) in [6.07, 6.45) is 0.695. The summed E-state index contributed by atoms with van der Waals surface area (Å²) >= 11 is 0. The highest BCUT2D eigenvalue weighted by molar-refractivity contribution is 7.52. The molecule has 46 heavy (non-hydrogen) atoms. The highest BCUT2D eigenvalue weighted by Crippen LogP contribution is 2.53. The van der Waals surface area contributed by atoms with Crippen molar-refractivity contribution >= 4 is 49.5 Å². The first kappa shape index (κ1) is 32.6. The van der Waals surface area contributed by atoms with Crippen LogP contribution < -0.4 is 17.0 Å². The number of phosphoric acid groups is 1. The van der Waals surface area contributed by atoms with E-state index in [-0.39, 0.29) is 41.4 Å². The number of hydrogen-bond acceptors (Lipinski definition) is 14. The summed E-state index contributed by atoms with van der Waals surface area (Å²) in [5, 5.41) is 0. The molecule has 0 aliphatic carbocycles. The van der Waals surface area contributed by atoms with Crippen molar-refractivity contribution in [2.45, 2.75) is 45.4 Å². The molecular formula is C24H34N10O10P2. The topological polar surface area (TPSA) is 291 Å². The molecule has 8 N–H and O–H groups in total. The van der Waals surface area contributed by atoms with Gasteiger partial charge in [0.05, 0.1) is 44.2 Å². The number of nitrogen functional groups attached to an aromatic ring is 2. The van der Waals surface area contributed by atoms with Crippen LogP contribution in [-0.4, -0.2) is 85.3 Å². The fraction of sp³-hybridized carbons (Fsp3) is 0.583. The van der Waals surface area contributed by atoms with E-state index in [2.05, 4.69) is 29.9 Å². The molecule has 2 aliphatic heterocycles. The Morgan fingerprint density at radius 2 is 1.50 bits per heavy atom. The van der Waals surface area contributed by atoms with Crippen molar-refractivity contribution in [1.82, 2.24) is 39.0 Å². The number of nitrogens with one attached hydrogen (secondary N) is 1. The van der Waals surface area contributed by atoms with E-state index in [4.69, 9.17) is 30.0 Å². The zero-order valence-electron chi connectivity index (χ0n) is 24.9. The van der Waals surface area contributed by atoms with E-state index in [9.17, 15) is 28.6 Å². The molecule has 9 atom stereocenters. The van der Waals surface area contributed by atoms with Gasteiger partial charge >= 0.3 is 15.4 Å². The van der Waals surface area contributed by atoms with Crippen LogP contribution in [0.15, 0.2) is 23.8 Å². The van der Waals surface area contributed by atoms with Crippen LogP contribution in [0.3, 0.4) is 0 Å². The van der Waals surface area contributed by atoms with E-state index in [1.807, 2.05) is 13.8 Å². The largest absolute Gasteiger partial charge is 0.469 e. The van der Waals surface area contributed by atoms with Crippen molar-refractivity contribution in [1.29, 1.82) is 0 Å². The van der Waals surface area contributed by atoms with Crippen molar-refractivity contribution < 1.29 is 42.3 Å². The predicted molar refractivity (Wildman–Crippen MR) is 160 cm³/mol. The number of fused-ring (bicyclic) bond motifs is 2. The maximum atomic E-state index is 13.5. The number of aromatic nitrogens is 8. The molecule has 0 aromatic carbocycles. The SMILES string of the molecule is C[C@@H]1[C@H](C)[C@@H](COP(=O)(O)C[C@H]2[C@@H](C)[C@H](n3cnc4c(N)ncnc43)O[C@@H]2COP(=O)(O)O)O[C@H]1n1cnc2c(=O)[nH]c(N)nc21. The minimum absolute atomic E-state index is 0.0745. The maximum Gasteiger partial charge on any atom is 0.469 e. The smallest absolute Gasteiger partial charge is 0.382 e. The Morgan fingerprint density at radius 3 is 2.22 bits per heavy atom. The van der Waals surface area contributed by atoms with E-state index < -0.39 is 70.2 Å². The molecule has 250 valence electrons. The summed E-state index contributed by atoms with van der Waals surface area (Å²) < 4.78 is 50.9. The lowest BCUT2D eigenvalue weighted by atomic mass is 9.93. The number of aromatic amines is 1. The van der Waals surface area contributed by atoms with Gasteiger partial charge in [0.1, 0.15) is 24.3 Å². The van der Waals surface area contributed by atoms with E-state index >= 15 is 0 Å². The molecular weight excluding hydrogens is 650 g/mol. The highest BCUT2D eigenvalue weighted by atomic mass is 31.2.